The third-order valence-electron chi connectivity index (χ3n) is 3.52. The fourth-order valence-electron chi connectivity index (χ4n) is 2.26. The fraction of sp³-hybridized carbons (Fsp3) is 0.278. The summed E-state index contributed by atoms with van der Waals surface area (Å²) in [7, 11) is 1.64. The summed E-state index contributed by atoms with van der Waals surface area (Å²) in [5.74, 6) is 0.0252. The molecule has 0 fully saturated rings. The van der Waals surface area contributed by atoms with Crippen molar-refractivity contribution in [3.05, 3.63) is 59.1 Å². The third kappa shape index (κ3) is 4.09. The van der Waals surface area contributed by atoms with E-state index in [1.54, 1.807) is 12.0 Å². The van der Waals surface area contributed by atoms with Gasteiger partial charge in [-0.25, -0.2) is 0 Å². The molecule has 2 rings (SSSR count). The minimum absolute atomic E-state index is 0.0252. The highest BCUT2D eigenvalue weighted by atomic mass is 35.5. The molecule has 0 aromatic heterocycles. The molecule has 2 aromatic carbocycles. The Kier molecular flexibility index (Phi) is 5.99. The molecule has 116 valence electrons. The SMILES string of the molecule is CCN(CCOC)C(=O)c1ccc(-c2cccc(Cl)c2)cc1. The Hall–Kier alpha value is -1.84. The highest BCUT2D eigenvalue weighted by Gasteiger charge is 2.13. The molecule has 0 aliphatic heterocycles. The van der Waals surface area contributed by atoms with Crippen LogP contribution in [0.2, 0.25) is 5.02 Å². The highest BCUT2D eigenvalue weighted by molar-refractivity contribution is 6.30. The first-order chi connectivity index (χ1) is 10.7. The topological polar surface area (TPSA) is 29.5 Å². The van der Waals surface area contributed by atoms with Crippen LogP contribution in [-0.4, -0.2) is 37.6 Å². The van der Waals surface area contributed by atoms with Crippen molar-refractivity contribution in [2.75, 3.05) is 26.8 Å². The van der Waals surface area contributed by atoms with Crippen LogP contribution in [-0.2, 0) is 4.74 Å². The number of benzene rings is 2. The zero-order valence-corrected chi connectivity index (χ0v) is 13.6. The number of carbonyl (C=O) groups is 1. The van der Waals surface area contributed by atoms with E-state index in [-0.39, 0.29) is 5.91 Å². The smallest absolute Gasteiger partial charge is 0.253 e. The highest BCUT2D eigenvalue weighted by Crippen LogP contribution is 2.23. The van der Waals surface area contributed by atoms with Gasteiger partial charge in [0.2, 0.25) is 0 Å². The Morgan fingerprint density at radius 2 is 1.86 bits per heavy atom. The van der Waals surface area contributed by atoms with Crippen LogP contribution >= 0.6 is 11.6 Å². The lowest BCUT2D eigenvalue weighted by Crippen LogP contribution is -2.33. The molecular weight excluding hydrogens is 298 g/mol. The van der Waals surface area contributed by atoms with E-state index in [1.165, 1.54) is 0 Å². The molecule has 0 spiro atoms. The van der Waals surface area contributed by atoms with Gasteiger partial charge in [0.15, 0.2) is 0 Å². The number of halogens is 1. The average Bonchev–Trinajstić information content (AvgIpc) is 2.55. The lowest BCUT2D eigenvalue weighted by atomic mass is 10.0. The maximum Gasteiger partial charge on any atom is 0.253 e. The summed E-state index contributed by atoms with van der Waals surface area (Å²) in [5.41, 5.74) is 2.76. The van der Waals surface area contributed by atoms with Crippen LogP contribution < -0.4 is 0 Å². The van der Waals surface area contributed by atoms with Crippen LogP contribution in [0.25, 0.3) is 11.1 Å². The Balaban J connectivity index is 2.15. The van der Waals surface area contributed by atoms with Gasteiger partial charge in [-0.1, -0.05) is 35.9 Å². The largest absolute Gasteiger partial charge is 0.383 e. The molecule has 2 aromatic rings. The van der Waals surface area contributed by atoms with Crippen molar-refractivity contribution in [1.29, 1.82) is 0 Å². The van der Waals surface area contributed by atoms with Crippen molar-refractivity contribution >= 4 is 17.5 Å². The monoisotopic (exact) mass is 317 g/mol. The lowest BCUT2D eigenvalue weighted by molar-refractivity contribution is 0.0706. The number of nitrogens with zero attached hydrogens (tertiary/aromatic N) is 1. The number of hydrogen-bond donors (Lipinski definition) is 0. The predicted molar refractivity (Wildman–Crippen MR) is 90.3 cm³/mol. The lowest BCUT2D eigenvalue weighted by Gasteiger charge is -2.20. The van der Waals surface area contributed by atoms with Gasteiger partial charge in [-0.2, -0.15) is 0 Å². The minimum Gasteiger partial charge on any atom is -0.383 e. The average molecular weight is 318 g/mol. The number of hydrogen-bond acceptors (Lipinski definition) is 2. The van der Waals surface area contributed by atoms with Crippen molar-refractivity contribution in [2.45, 2.75) is 6.92 Å². The molecular formula is C18H20ClNO2. The number of carbonyl (C=O) groups excluding carboxylic acids is 1. The molecule has 1 amide bonds. The van der Waals surface area contributed by atoms with E-state index in [9.17, 15) is 4.79 Å². The molecule has 0 aliphatic rings. The summed E-state index contributed by atoms with van der Waals surface area (Å²) in [6.45, 7) is 3.77. The normalized spacial score (nSPS) is 10.5. The second kappa shape index (κ2) is 7.97. The van der Waals surface area contributed by atoms with E-state index in [0.717, 1.165) is 11.1 Å². The maximum absolute atomic E-state index is 12.4. The first-order valence-corrected chi connectivity index (χ1v) is 7.67. The summed E-state index contributed by atoms with van der Waals surface area (Å²) in [4.78, 5) is 14.2. The standard InChI is InChI=1S/C18H20ClNO2/c1-3-20(11-12-22-2)18(21)15-9-7-14(8-10-15)16-5-4-6-17(19)13-16/h4-10,13H,3,11-12H2,1-2H3. The number of methoxy groups -OCH3 is 1. The zero-order valence-electron chi connectivity index (χ0n) is 12.9. The number of rotatable bonds is 6. The van der Waals surface area contributed by atoms with Crippen LogP contribution in [0.15, 0.2) is 48.5 Å². The molecule has 0 bridgehead atoms. The maximum atomic E-state index is 12.4. The number of amides is 1. The van der Waals surface area contributed by atoms with Crippen LogP contribution in [0, 0.1) is 0 Å². The molecule has 3 nitrogen and oxygen atoms in total. The van der Waals surface area contributed by atoms with Gasteiger partial charge in [-0.3, -0.25) is 4.79 Å². The summed E-state index contributed by atoms with van der Waals surface area (Å²) < 4.78 is 5.04. The Bertz CT molecular complexity index is 625. The van der Waals surface area contributed by atoms with Crippen molar-refractivity contribution in [3.8, 4) is 11.1 Å². The summed E-state index contributed by atoms with van der Waals surface area (Å²) in [6, 6.07) is 15.3. The molecule has 0 aliphatic carbocycles. The van der Waals surface area contributed by atoms with Crippen molar-refractivity contribution < 1.29 is 9.53 Å². The Labute approximate surface area is 136 Å². The molecule has 22 heavy (non-hydrogen) atoms. The summed E-state index contributed by atoms with van der Waals surface area (Å²) in [5, 5.41) is 0.703. The summed E-state index contributed by atoms with van der Waals surface area (Å²) >= 11 is 6.01. The van der Waals surface area contributed by atoms with Gasteiger partial charge in [-0.05, 0) is 42.3 Å². The quantitative estimate of drug-likeness (QED) is 0.802. The van der Waals surface area contributed by atoms with E-state index in [4.69, 9.17) is 16.3 Å². The van der Waals surface area contributed by atoms with Gasteiger partial charge in [0.05, 0.1) is 6.61 Å². The van der Waals surface area contributed by atoms with Gasteiger partial charge >= 0.3 is 0 Å². The van der Waals surface area contributed by atoms with Crippen LogP contribution in [0.5, 0.6) is 0 Å². The van der Waals surface area contributed by atoms with E-state index >= 15 is 0 Å². The molecule has 0 heterocycles. The molecule has 0 unspecified atom stereocenters. The molecule has 0 atom stereocenters. The van der Waals surface area contributed by atoms with Gasteiger partial charge in [0.25, 0.3) is 5.91 Å². The minimum atomic E-state index is 0.0252. The van der Waals surface area contributed by atoms with Gasteiger partial charge in [0, 0.05) is 30.8 Å². The van der Waals surface area contributed by atoms with Crippen molar-refractivity contribution in [2.24, 2.45) is 0 Å². The molecule has 4 heteroatoms. The number of likely N-dealkylation sites (N-methyl/N-ethyl adjacent to an activating group) is 1. The molecule has 0 N–H and O–H groups in total. The second-order valence-electron chi connectivity index (χ2n) is 4.97. The van der Waals surface area contributed by atoms with Crippen molar-refractivity contribution in [3.63, 3.8) is 0 Å². The Morgan fingerprint density at radius 1 is 1.14 bits per heavy atom. The molecule has 0 saturated carbocycles. The van der Waals surface area contributed by atoms with E-state index in [2.05, 4.69) is 0 Å². The second-order valence-corrected chi connectivity index (χ2v) is 5.40. The van der Waals surface area contributed by atoms with Crippen LogP contribution in [0.1, 0.15) is 17.3 Å². The fourth-order valence-corrected chi connectivity index (χ4v) is 2.45. The van der Waals surface area contributed by atoms with E-state index in [1.807, 2.05) is 55.5 Å². The van der Waals surface area contributed by atoms with Gasteiger partial charge in [-0.15, -0.1) is 0 Å². The van der Waals surface area contributed by atoms with Crippen LogP contribution in [0.3, 0.4) is 0 Å². The Morgan fingerprint density at radius 3 is 2.45 bits per heavy atom. The predicted octanol–water partition coefficient (Wildman–Crippen LogP) is 4.12. The van der Waals surface area contributed by atoms with Crippen LogP contribution in [0.4, 0.5) is 0 Å². The van der Waals surface area contributed by atoms with Gasteiger partial charge < -0.3 is 9.64 Å². The third-order valence-corrected chi connectivity index (χ3v) is 3.76. The van der Waals surface area contributed by atoms with Crippen molar-refractivity contribution in [1.82, 2.24) is 4.90 Å². The molecule has 0 saturated heterocycles. The van der Waals surface area contributed by atoms with E-state index < -0.39 is 0 Å². The van der Waals surface area contributed by atoms with Gasteiger partial charge in [0.1, 0.15) is 0 Å². The molecule has 0 radical (unpaired) electrons. The number of ether oxygens (including phenoxy) is 1. The zero-order chi connectivity index (χ0) is 15.9. The first kappa shape index (κ1) is 16.5. The first-order valence-electron chi connectivity index (χ1n) is 7.30. The van der Waals surface area contributed by atoms with E-state index in [0.29, 0.717) is 30.3 Å². The summed E-state index contributed by atoms with van der Waals surface area (Å²) in [6.07, 6.45) is 0.